The SMILES string of the molecule is CC[C@H](NC(=O)NC1CCCN(CC)C1)C(=O)O. The van der Waals surface area contributed by atoms with Crippen molar-refractivity contribution in [3.05, 3.63) is 0 Å². The molecule has 1 fully saturated rings. The van der Waals surface area contributed by atoms with Gasteiger partial charge in [0, 0.05) is 12.6 Å². The van der Waals surface area contributed by atoms with Gasteiger partial charge in [0.2, 0.25) is 0 Å². The molecule has 1 saturated heterocycles. The van der Waals surface area contributed by atoms with Crippen LogP contribution in [0.3, 0.4) is 0 Å². The molecule has 0 radical (unpaired) electrons. The molecule has 0 aromatic heterocycles. The van der Waals surface area contributed by atoms with Crippen molar-refractivity contribution in [2.45, 2.75) is 45.2 Å². The number of likely N-dealkylation sites (N-methyl/N-ethyl adjacent to an activating group) is 1. The summed E-state index contributed by atoms with van der Waals surface area (Å²) in [6, 6.07) is -1.08. The van der Waals surface area contributed by atoms with Gasteiger partial charge in [-0.25, -0.2) is 9.59 Å². The summed E-state index contributed by atoms with van der Waals surface area (Å²) < 4.78 is 0. The normalized spacial score (nSPS) is 22.2. The summed E-state index contributed by atoms with van der Waals surface area (Å²) in [4.78, 5) is 24.8. The minimum absolute atomic E-state index is 0.116. The topological polar surface area (TPSA) is 81.7 Å². The van der Waals surface area contributed by atoms with Gasteiger partial charge >= 0.3 is 12.0 Å². The number of nitrogens with zero attached hydrogens (tertiary/aromatic N) is 1. The van der Waals surface area contributed by atoms with Gasteiger partial charge in [-0.05, 0) is 32.4 Å². The molecule has 6 heteroatoms. The van der Waals surface area contributed by atoms with Crippen LogP contribution >= 0.6 is 0 Å². The third-order valence-electron chi connectivity index (χ3n) is 3.30. The lowest BCUT2D eigenvalue weighted by atomic mass is 10.1. The Kier molecular flexibility index (Phi) is 5.91. The number of hydrogen-bond donors (Lipinski definition) is 3. The molecule has 6 nitrogen and oxygen atoms in total. The highest BCUT2D eigenvalue weighted by molar-refractivity contribution is 5.82. The lowest BCUT2D eigenvalue weighted by Gasteiger charge is -2.32. The molecular formula is C12H23N3O3. The van der Waals surface area contributed by atoms with E-state index in [0.29, 0.717) is 6.42 Å². The van der Waals surface area contributed by atoms with Crippen LogP contribution in [0.5, 0.6) is 0 Å². The van der Waals surface area contributed by atoms with Gasteiger partial charge in [0.15, 0.2) is 0 Å². The molecule has 3 N–H and O–H groups in total. The Balaban J connectivity index is 2.37. The summed E-state index contributed by atoms with van der Waals surface area (Å²) in [6.45, 7) is 6.72. The van der Waals surface area contributed by atoms with E-state index in [1.807, 2.05) is 0 Å². The average molecular weight is 257 g/mol. The molecule has 0 aromatic rings. The minimum Gasteiger partial charge on any atom is -0.480 e. The Morgan fingerprint density at radius 2 is 2.17 bits per heavy atom. The molecule has 1 heterocycles. The Labute approximate surface area is 108 Å². The first-order chi connectivity index (χ1) is 8.56. The second kappa shape index (κ2) is 7.20. The van der Waals surface area contributed by atoms with Crippen molar-refractivity contribution < 1.29 is 14.7 Å². The van der Waals surface area contributed by atoms with E-state index >= 15 is 0 Å². The van der Waals surface area contributed by atoms with Crippen LogP contribution in [0.2, 0.25) is 0 Å². The number of rotatable bonds is 5. The first-order valence-corrected chi connectivity index (χ1v) is 6.59. The minimum atomic E-state index is -0.994. The van der Waals surface area contributed by atoms with E-state index in [1.165, 1.54) is 0 Å². The smallest absolute Gasteiger partial charge is 0.326 e. The number of carbonyl (C=O) groups is 2. The van der Waals surface area contributed by atoms with Crippen molar-refractivity contribution in [3.63, 3.8) is 0 Å². The fraction of sp³-hybridized carbons (Fsp3) is 0.833. The second-order valence-electron chi connectivity index (χ2n) is 4.65. The van der Waals surface area contributed by atoms with Crippen LogP contribution in [-0.4, -0.2) is 53.7 Å². The number of carbonyl (C=O) groups excluding carboxylic acids is 1. The molecule has 0 spiro atoms. The lowest BCUT2D eigenvalue weighted by molar-refractivity contribution is -0.139. The summed E-state index contributed by atoms with van der Waals surface area (Å²) in [5, 5.41) is 14.2. The van der Waals surface area contributed by atoms with E-state index in [1.54, 1.807) is 6.92 Å². The van der Waals surface area contributed by atoms with Crippen LogP contribution in [-0.2, 0) is 4.79 Å². The molecule has 1 unspecified atom stereocenters. The van der Waals surface area contributed by atoms with Gasteiger partial charge in [0.25, 0.3) is 0 Å². The maximum atomic E-state index is 11.7. The summed E-state index contributed by atoms with van der Waals surface area (Å²) in [7, 11) is 0. The molecule has 1 aliphatic heterocycles. The number of carboxylic acids is 1. The molecule has 2 amide bonds. The van der Waals surface area contributed by atoms with E-state index in [2.05, 4.69) is 22.5 Å². The van der Waals surface area contributed by atoms with Crippen molar-refractivity contribution >= 4 is 12.0 Å². The molecule has 0 saturated carbocycles. The largest absolute Gasteiger partial charge is 0.480 e. The zero-order valence-corrected chi connectivity index (χ0v) is 11.1. The number of piperidine rings is 1. The molecule has 0 aromatic carbocycles. The summed E-state index contributed by atoms with van der Waals surface area (Å²) >= 11 is 0. The Hall–Kier alpha value is -1.30. The quantitative estimate of drug-likeness (QED) is 0.675. The molecule has 2 atom stereocenters. The maximum Gasteiger partial charge on any atom is 0.326 e. The standard InChI is InChI=1S/C12H23N3O3/c1-3-10(11(16)17)14-12(18)13-9-6-5-7-15(4-2)8-9/h9-10H,3-8H2,1-2H3,(H,16,17)(H2,13,14,18)/t9?,10-/m0/s1. The predicted octanol–water partition coefficient (Wildman–Crippen LogP) is 0.633. The number of aliphatic carboxylic acids is 1. The second-order valence-corrected chi connectivity index (χ2v) is 4.65. The van der Waals surface area contributed by atoms with Crippen molar-refractivity contribution in [2.75, 3.05) is 19.6 Å². The lowest BCUT2D eigenvalue weighted by Crippen LogP contribution is -2.53. The van der Waals surface area contributed by atoms with Gasteiger partial charge < -0.3 is 20.6 Å². The van der Waals surface area contributed by atoms with Crippen molar-refractivity contribution in [1.82, 2.24) is 15.5 Å². The van der Waals surface area contributed by atoms with Gasteiger partial charge in [-0.15, -0.1) is 0 Å². The van der Waals surface area contributed by atoms with Gasteiger partial charge in [-0.2, -0.15) is 0 Å². The number of hydrogen-bond acceptors (Lipinski definition) is 3. The fourth-order valence-corrected chi connectivity index (χ4v) is 2.18. The van der Waals surface area contributed by atoms with E-state index in [9.17, 15) is 9.59 Å². The van der Waals surface area contributed by atoms with Gasteiger partial charge in [-0.1, -0.05) is 13.8 Å². The summed E-state index contributed by atoms with van der Waals surface area (Å²) in [5.41, 5.74) is 0. The first kappa shape index (κ1) is 14.8. The zero-order chi connectivity index (χ0) is 13.5. The third kappa shape index (κ3) is 4.52. The number of carboxylic acid groups (broad SMARTS) is 1. The number of amides is 2. The Morgan fingerprint density at radius 3 is 2.72 bits per heavy atom. The highest BCUT2D eigenvalue weighted by Crippen LogP contribution is 2.09. The average Bonchev–Trinajstić information content (AvgIpc) is 2.35. The zero-order valence-electron chi connectivity index (χ0n) is 11.1. The van der Waals surface area contributed by atoms with Crippen LogP contribution in [0.25, 0.3) is 0 Å². The first-order valence-electron chi connectivity index (χ1n) is 6.59. The Morgan fingerprint density at radius 1 is 1.44 bits per heavy atom. The Bertz CT molecular complexity index is 296. The van der Waals surface area contributed by atoms with E-state index in [-0.39, 0.29) is 12.1 Å². The van der Waals surface area contributed by atoms with Crippen LogP contribution in [0.1, 0.15) is 33.1 Å². The summed E-state index contributed by atoms with van der Waals surface area (Å²) in [5.74, 6) is -0.994. The van der Waals surface area contributed by atoms with Crippen LogP contribution in [0.4, 0.5) is 4.79 Å². The fourth-order valence-electron chi connectivity index (χ4n) is 2.18. The highest BCUT2D eigenvalue weighted by atomic mass is 16.4. The molecule has 1 rings (SSSR count). The van der Waals surface area contributed by atoms with Crippen LogP contribution < -0.4 is 10.6 Å². The molecule has 104 valence electrons. The molecule has 18 heavy (non-hydrogen) atoms. The van der Waals surface area contributed by atoms with Crippen LogP contribution in [0.15, 0.2) is 0 Å². The highest BCUT2D eigenvalue weighted by Gasteiger charge is 2.22. The van der Waals surface area contributed by atoms with E-state index < -0.39 is 12.0 Å². The maximum absolute atomic E-state index is 11.7. The molecule has 0 aliphatic carbocycles. The molecular weight excluding hydrogens is 234 g/mol. The predicted molar refractivity (Wildman–Crippen MR) is 68.5 cm³/mol. The number of likely N-dealkylation sites (tertiary alicyclic amines) is 1. The van der Waals surface area contributed by atoms with Gasteiger partial charge in [-0.3, -0.25) is 0 Å². The monoisotopic (exact) mass is 257 g/mol. The van der Waals surface area contributed by atoms with Crippen LogP contribution in [0, 0.1) is 0 Å². The van der Waals surface area contributed by atoms with Gasteiger partial charge in [0.05, 0.1) is 0 Å². The van der Waals surface area contributed by atoms with Crippen molar-refractivity contribution in [2.24, 2.45) is 0 Å². The van der Waals surface area contributed by atoms with Crippen molar-refractivity contribution in [3.8, 4) is 0 Å². The third-order valence-corrected chi connectivity index (χ3v) is 3.30. The van der Waals surface area contributed by atoms with Crippen molar-refractivity contribution in [1.29, 1.82) is 0 Å². The van der Waals surface area contributed by atoms with E-state index in [4.69, 9.17) is 5.11 Å². The van der Waals surface area contributed by atoms with E-state index in [0.717, 1.165) is 32.5 Å². The summed E-state index contributed by atoms with van der Waals surface area (Å²) in [6.07, 6.45) is 2.40. The molecule has 1 aliphatic rings. The molecule has 0 bridgehead atoms. The van der Waals surface area contributed by atoms with Gasteiger partial charge in [0.1, 0.15) is 6.04 Å². The number of urea groups is 1. The number of nitrogens with one attached hydrogen (secondary N) is 2.